The van der Waals surface area contributed by atoms with Crippen LogP contribution in [-0.2, 0) is 11.2 Å². The fourth-order valence-corrected chi connectivity index (χ4v) is 2.98. The summed E-state index contributed by atoms with van der Waals surface area (Å²) in [7, 11) is 0. The van der Waals surface area contributed by atoms with E-state index >= 15 is 0 Å². The summed E-state index contributed by atoms with van der Waals surface area (Å²) in [5.74, 6) is -0.470. The van der Waals surface area contributed by atoms with Crippen LogP contribution >= 0.6 is 11.6 Å². The fourth-order valence-electron chi connectivity index (χ4n) is 2.80. The van der Waals surface area contributed by atoms with E-state index in [0.29, 0.717) is 17.3 Å². The van der Waals surface area contributed by atoms with Gasteiger partial charge in [-0.25, -0.2) is 0 Å². The normalized spacial score (nSPS) is 11.2. The molecule has 0 saturated carbocycles. The number of para-hydroxylation sites is 1. The lowest BCUT2D eigenvalue weighted by molar-refractivity contribution is -0.112. The van der Waals surface area contributed by atoms with Crippen LogP contribution in [0.15, 0.2) is 60.4 Å². The second-order valence-electron chi connectivity index (χ2n) is 6.10. The first-order valence-corrected chi connectivity index (χ1v) is 8.93. The number of nitrogens with zero attached hydrogens (tertiary/aromatic N) is 1. The fraction of sp³-hybridized carbons (Fsp3) is 0.143. The number of nitrogens with one attached hydrogen (secondary N) is 3. The van der Waals surface area contributed by atoms with E-state index in [2.05, 4.69) is 21.7 Å². The van der Waals surface area contributed by atoms with Gasteiger partial charge in [0.15, 0.2) is 0 Å². The topological polar surface area (TPSA) is 80.7 Å². The standard InChI is InChI=1S/C21H19ClN4O/c1-14-18(22)6-4-8-19(14)26-21(27)16(11-23)12-24-10-9-15-13-25-20-7-3-2-5-17(15)20/h2-8,12-13,24-25H,9-10H2,1H3,(H,26,27)/b16-12-. The van der Waals surface area contributed by atoms with Gasteiger partial charge < -0.3 is 15.6 Å². The molecule has 5 nitrogen and oxygen atoms in total. The molecule has 0 bridgehead atoms. The average molecular weight is 379 g/mol. The third-order valence-corrected chi connectivity index (χ3v) is 4.75. The molecule has 27 heavy (non-hydrogen) atoms. The zero-order valence-corrected chi connectivity index (χ0v) is 15.6. The first-order chi connectivity index (χ1) is 13.1. The van der Waals surface area contributed by atoms with Crippen molar-refractivity contribution in [3.63, 3.8) is 0 Å². The van der Waals surface area contributed by atoms with Gasteiger partial charge in [-0.05, 0) is 42.7 Å². The van der Waals surface area contributed by atoms with E-state index in [1.165, 1.54) is 17.1 Å². The van der Waals surface area contributed by atoms with Crippen LogP contribution in [0.1, 0.15) is 11.1 Å². The Morgan fingerprint density at radius 2 is 2.07 bits per heavy atom. The lowest BCUT2D eigenvalue weighted by atomic mass is 10.1. The molecule has 0 aliphatic rings. The third kappa shape index (κ3) is 4.30. The quantitative estimate of drug-likeness (QED) is 0.339. The zero-order chi connectivity index (χ0) is 19.2. The maximum absolute atomic E-state index is 12.3. The Labute approximate surface area is 162 Å². The molecule has 136 valence electrons. The van der Waals surface area contributed by atoms with E-state index in [9.17, 15) is 10.1 Å². The van der Waals surface area contributed by atoms with Crippen LogP contribution in [0, 0.1) is 18.3 Å². The number of H-pyrrole nitrogens is 1. The number of halogens is 1. The molecule has 1 amide bonds. The highest BCUT2D eigenvalue weighted by molar-refractivity contribution is 6.31. The molecule has 0 radical (unpaired) electrons. The van der Waals surface area contributed by atoms with Crippen molar-refractivity contribution in [2.45, 2.75) is 13.3 Å². The summed E-state index contributed by atoms with van der Waals surface area (Å²) in [6.07, 6.45) is 4.20. The Morgan fingerprint density at radius 1 is 1.26 bits per heavy atom. The van der Waals surface area contributed by atoms with Crippen LogP contribution in [0.3, 0.4) is 0 Å². The number of nitriles is 1. The molecular weight excluding hydrogens is 360 g/mol. The third-order valence-electron chi connectivity index (χ3n) is 4.34. The minimum absolute atomic E-state index is 0.00769. The van der Waals surface area contributed by atoms with E-state index in [1.54, 1.807) is 18.2 Å². The van der Waals surface area contributed by atoms with Gasteiger partial charge in [-0.1, -0.05) is 35.9 Å². The molecule has 0 unspecified atom stereocenters. The van der Waals surface area contributed by atoms with E-state index in [1.807, 2.05) is 37.4 Å². The van der Waals surface area contributed by atoms with E-state index in [-0.39, 0.29) is 5.57 Å². The molecule has 0 aliphatic carbocycles. The first-order valence-electron chi connectivity index (χ1n) is 8.55. The van der Waals surface area contributed by atoms with E-state index in [0.717, 1.165) is 17.5 Å². The highest BCUT2D eigenvalue weighted by Gasteiger charge is 2.11. The Hall–Kier alpha value is -3.23. The number of rotatable bonds is 6. The van der Waals surface area contributed by atoms with Crippen LogP contribution in [0.2, 0.25) is 5.02 Å². The monoisotopic (exact) mass is 378 g/mol. The van der Waals surface area contributed by atoms with E-state index < -0.39 is 5.91 Å². The molecule has 0 spiro atoms. The molecule has 1 heterocycles. The number of fused-ring (bicyclic) bond motifs is 1. The second-order valence-corrected chi connectivity index (χ2v) is 6.51. The summed E-state index contributed by atoms with van der Waals surface area (Å²) in [4.78, 5) is 15.5. The number of aromatic nitrogens is 1. The van der Waals surface area contributed by atoms with Gasteiger partial charge in [0.2, 0.25) is 0 Å². The summed E-state index contributed by atoms with van der Waals surface area (Å²) in [6, 6.07) is 15.3. The minimum atomic E-state index is -0.470. The largest absolute Gasteiger partial charge is 0.389 e. The summed E-state index contributed by atoms with van der Waals surface area (Å²) >= 11 is 6.06. The molecule has 3 rings (SSSR count). The number of amides is 1. The van der Waals surface area contributed by atoms with Crippen molar-refractivity contribution >= 4 is 34.1 Å². The van der Waals surface area contributed by atoms with Gasteiger partial charge in [0.25, 0.3) is 5.91 Å². The summed E-state index contributed by atoms with van der Waals surface area (Å²) in [6.45, 7) is 2.42. The molecular formula is C21H19ClN4O. The van der Waals surface area contributed by atoms with Crippen molar-refractivity contribution in [2.75, 3.05) is 11.9 Å². The summed E-state index contributed by atoms with van der Waals surface area (Å²) < 4.78 is 0. The smallest absolute Gasteiger partial charge is 0.267 e. The predicted molar refractivity (Wildman–Crippen MR) is 109 cm³/mol. The average Bonchev–Trinajstić information content (AvgIpc) is 3.08. The van der Waals surface area contributed by atoms with Gasteiger partial charge in [-0.15, -0.1) is 0 Å². The maximum Gasteiger partial charge on any atom is 0.267 e. The lowest BCUT2D eigenvalue weighted by Gasteiger charge is -2.09. The predicted octanol–water partition coefficient (Wildman–Crippen LogP) is 4.31. The molecule has 2 aromatic carbocycles. The van der Waals surface area contributed by atoms with Crippen LogP contribution in [-0.4, -0.2) is 17.4 Å². The highest BCUT2D eigenvalue weighted by atomic mass is 35.5. The molecule has 6 heteroatoms. The molecule has 0 fully saturated rings. The minimum Gasteiger partial charge on any atom is -0.389 e. The van der Waals surface area contributed by atoms with Gasteiger partial charge in [-0.3, -0.25) is 4.79 Å². The number of aromatic amines is 1. The first kappa shape index (κ1) is 18.6. The number of benzene rings is 2. The maximum atomic E-state index is 12.3. The summed E-state index contributed by atoms with van der Waals surface area (Å²) in [5.41, 5.74) is 3.64. The number of carbonyl (C=O) groups excluding carboxylic acids is 1. The van der Waals surface area contributed by atoms with Crippen LogP contribution in [0.25, 0.3) is 10.9 Å². The molecule has 0 aliphatic heterocycles. The molecule has 3 aromatic rings. The number of carbonyl (C=O) groups is 1. The Kier molecular flexibility index (Phi) is 5.80. The van der Waals surface area contributed by atoms with Crippen LogP contribution in [0.5, 0.6) is 0 Å². The Morgan fingerprint density at radius 3 is 2.89 bits per heavy atom. The van der Waals surface area contributed by atoms with Crippen LogP contribution < -0.4 is 10.6 Å². The Bertz CT molecular complexity index is 1050. The van der Waals surface area contributed by atoms with Crippen molar-refractivity contribution in [3.05, 3.63) is 76.6 Å². The van der Waals surface area contributed by atoms with Gasteiger partial charge in [0.05, 0.1) is 0 Å². The van der Waals surface area contributed by atoms with Crippen molar-refractivity contribution in [3.8, 4) is 6.07 Å². The van der Waals surface area contributed by atoms with Crippen molar-refractivity contribution in [1.82, 2.24) is 10.3 Å². The molecule has 0 saturated heterocycles. The van der Waals surface area contributed by atoms with Crippen molar-refractivity contribution in [2.24, 2.45) is 0 Å². The number of hydrogen-bond donors (Lipinski definition) is 3. The highest BCUT2D eigenvalue weighted by Crippen LogP contribution is 2.23. The van der Waals surface area contributed by atoms with E-state index in [4.69, 9.17) is 11.6 Å². The van der Waals surface area contributed by atoms with Gasteiger partial charge in [0, 0.05) is 40.6 Å². The SMILES string of the molecule is Cc1c(Cl)cccc1NC(=O)/C(C#N)=C\NCCc1c[nH]c2ccccc12. The molecule has 0 atom stereocenters. The summed E-state index contributed by atoms with van der Waals surface area (Å²) in [5, 5.41) is 16.8. The number of anilines is 1. The van der Waals surface area contributed by atoms with Crippen LogP contribution in [0.4, 0.5) is 5.69 Å². The van der Waals surface area contributed by atoms with Crippen molar-refractivity contribution < 1.29 is 4.79 Å². The lowest BCUT2D eigenvalue weighted by Crippen LogP contribution is -2.18. The molecule has 1 aromatic heterocycles. The zero-order valence-electron chi connectivity index (χ0n) is 14.8. The van der Waals surface area contributed by atoms with Gasteiger partial charge in [0.1, 0.15) is 11.6 Å². The van der Waals surface area contributed by atoms with Gasteiger partial charge in [-0.2, -0.15) is 5.26 Å². The Balaban J connectivity index is 1.60. The molecule has 3 N–H and O–H groups in total. The second kappa shape index (κ2) is 8.43. The van der Waals surface area contributed by atoms with Gasteiger partial charge >= 0.3 is 0 Å². The number of hydrogen-bond acceptors (Lipinski definition) is 3. The van der Waals surface area contributed by atoms with Crippen molar-refractivity contribution in [1.29, 1.82) is 5.26 Å².